The smallest absolute Gasteiger partial charge is 0.416 e. The molecular formula is C28H28F3N5O3. The van der Waals surface area contributed by atoms with E-state index in [4.69, 9.17) is 14.9 Å². The Morgan fingerprint density at radius 2 is 2.13 bits per heavy atom. The van der Waals surface area contributed by atoms with Crippen molar-refractivity contribution in [3.63, 3.8) is 0 Å². The first kappa shape index (κ1) is 26.5. The van der Waals surface area contributed by atoms with E-state index in [9.17, 15) is 18.0 Å². The predicted molar refractivity (Wildman–Crippen MR) is 140 cm³/mol. The van der Waals surface area contributed by atoms with Gasteiger partial charge in [0.1, 0.15) is 23.9 Å². The van der Waals surface area contributed by atoms with Crippen LogP contribution in [0.4, 0.5) is 18.9 Å². The van der Waals surface area contributed by atoms with Gasteiger partial charge in [0, 0.05) is 29.1 Å². The molecule has 8 nitrogen and oxygen atoms in total. The number of nitrogens with one attached hydrogen (secondary N) is 1. The van der Waals surface area contributed by atoms with E-state index >= 15 is 0 Å². The molecule has 0 radical (unpaired) electrons. The number of allylic oxidation sites excluding steroid dienone is 1. The highest BCUT2D eigenvalue weighted by atomic mass is 19.4. The summed E-state index contributed by atoms with van der Waals surface area (Å²) >= 11 is 0. The number of nitrogens with two attached hydrogens (primary N) is 1. The van der Waals surface area contributed by atoms with Crippen molar-refractivity contribution >= 4 is 17.8 Å². The minimum Gasteiger partial charge on any atom is -0.492 e. The largest absolute Gasteiger partial charge is 0.492 e. The van der Waals surface area contributed by atoms with Crippen molar-refractivity contribution in [1.29, 1.82) is 0 Å². The van der Waals surface area contributed by atoms with E-state index in [-0.39, 0.29) is 24.0 Å². The molecule has 1 aromatic heterocycles. The summed E-state index contributed by atoms with van der Waals surface area (Å²) in [4.78, 5) is 23.8. The fourth-order valence-corrected chi connectivity index (χ4v) is 5.09. The Kier molecular flexibility index (Phi) is 7.17. The van der Waals surface area contributed by atoms with Crippen LogP contribution in [0.5, 0.6) is 5.75 Å². The number of alkyl halides is 3. The number of hydrogen-bond acceptors (Lipinski definition) is 7. The number of aromatic nitrogens is 1. The number of nitrogens with zero attached hydrogens (tertiary/aromatic N) is 3. The summed E-state index contributed by atoms with van der Waals surface area (Å²) in [7, 11) is 1.98. The molecule has 3 aromatic rings. The molecule has 5 rings (SSSR count). The zero-order valence-corrected chi connectivity index (χ0v) is 21.2. The molecule has 3 heterocycles. The number of anilines is 1. The summed E-state index contributed by atoms with van der Waals surface area (Å²) in [6, 6.07) is 10.3. The second kappa shape index (κ2) is 10.6. The van der Waals surface area contributed by atoms with Crippen molar-refractivity contribution in [3.8, 4) is 17.1 Å². The number of rotatable bonds is 8. The maximum absolute atomic E-state index is 13.9. The fraction of sp³-hybridized carbons (Fsp3) is 0.321. The van der Waals surface area contributed by atoms with Crippen LogP contribution in [0.3, 0.4) is 0 Å². The molecule has 0 aliphatic carbocycles. The molecule has 3 atom stereocenters. The molecule has 2 aliphatic rings. The van der Waals surface area contributed by atoms with Gasteiger partial charge in [-0.05, 0) is 62.8 Å². The molecule has 204 valence electrons. The van der Waals surface area contributed by atoms with Crippen LogP contribution in [0.25, 0.3) is 11.3 Å². The highest BCUT2D eigenvalue weighted by Gasteiger charge is 2.48. The lowest BCUT2D eigenvalue weighted by Gasteiger charge is -2.37. The molecule has 11 heteroatoms. The van der Waals surface area contributed by atoms with Gasteiger partial charge < -0.3 is 25.1 Å². The maximum atomic E-state index is 13.9. The number of halogens is 3. The Bertz CT molecular complexity index is 1390. The van der Waals surface area contributed by atoms with Crippen LogP contribution in [0.15, 0.2) is 76.6 Å². The Balaban J connectivity index is 1.56. The summed E-state index contributed by atoms with van der Waals surface area (Å²) < 4.78 is 53.0. The second-order valence-corrected chi connectivity index (χ2v) is 9.68. The van der Waals surface area contributed by atoms with Crippen LogP contribution in [0, 0.1) is 0 Å². The van der Waals surface area contributed by atoms with Crippen molar-refractivity contribution in [2.75, 3.05) is 25.5 Å². The number of amides is 1. The molecule has 0 spiro atoms. The van der Waals surface area contributed by atoms with Crippen LogP contribution >= 0.6 is 0 Å². The average molecular weight is 540 g/mol. The van der Waals surface area contributed by atoms with Gasteiger partial charge in [0.25, 0.3) is 0 Å². The Labute approximate surface area is 223 Å². The molecule has 0 saturated carbocycles. The van der Waals surface area contributed by atoms with E-state index in [1.807, 2.05) is 13.1 Å². The molecule has 1 fully saturated rings. The number of ether oxygens (including phenoxy) is 1. The number of likely N-dealkylation sites (N-methyl/N-ethyl adjacent to an activating group) is 1. The predicted octanol–water partition coefficient (Wildman–Crippen LogP) is 4.64. The number of benzene rings is 2. The van der Waals surface area contributed by atoms with Crippen molar-refractivity contribution in [2.24, 2.45) is 10.7 Å². The first-order chi connectivity index (χ1) is 18.7. The normalized spacial score (nSPS) is 23.2. The molecule has 3 N–H and O–H groups in total. The fourth-order valence-electron chi connectivity index (χ4n) is 5.09. The minimum atomic E-state index is -4.65. The maximum Gasteiger partial charge on any atom is 0.416 e. The van der Waals surface area contributed by atoms with Crippen molar-refractivity contribution < 1.29 is 27.1 Å². The third kappa shape index (κ3) is 5.26. The van der Waals surface area contributed by atoms with Crippen molar-refractivity contribution in [3.05, 3.63) is 78.3 Å². The number of hydrogen-bond donors (Lipinski definition) is 2. The topological polar surface area (TPSA) is 106 Å². The number of aliphatic imine (C=N–C) groups is 1. The highest BCUT2D eigenvalue weighted by molar-refractivity contribution is 5.94. The Morgan fingerprint density at radius 1 is 1.28 bits per heavy atom. The van der Waals surface area contributed by atoms with Crippen molar-refractivity contribution in [1.82, 2.24) is 9.88 Å². The lowest BCUT2D eigenvalue weighted by atomic mass is 9.74. The van der Waals surface area contributed by atoms with Crippen LogP contribution in [0.1, 0.15) is 24.0 Å². The number of primary amides is 1. The molecule has 1 saturated heterocycles. The zero-order valence-electron chi connectivity index (χ0n) is 21.2. The average Bonchev–Trinajstić information content (AvgIpc) is 3.59. The summed E-state index contributed by atoms with van der Waals surface area (Å²) in [5.41, 5.74) is 4.53. The third-order valence-corrected chi connectivity index (χ3v) is 7.26. The zero-order chi connectivity index (χ0) is 27.6. The summed E-state index contributed by atoms with van der Waals surface area (Å²) in [6.07, 6.45) is 3.52. The molecule has 0 bridgehead atoms. The van der Waals surface area contributed by atoms with E-state index in [1.165, 1.54) is 30.8 Å². The van der Waals surface area contributed by atoms with Gasteiger partial charge in [-0.1, -0.05) is 18.2 Å². The molecule has 39 heavy (non-hydrogen) atoms. The molecular weight excluding hydrogens is 511 g/mol. The first-order valence-corrected chi connectivity index (χ1v) is 12.5. The number of oxazole rings is 1. The lowest BCUT2D eigenvalue weighted by Crippen LogP contribution is -2.53. The lowest BCUT2D eigenvalue weighted by molar-refractivity contribution is -0.137. The van der Waals surface area contributed by atoms with Gasteiger partial charge in [-0.15, -0.1) is 0 Å². The summed E-state index contributed by atoms with van der Waals surface area (Å²) in [5.74, 6) is -0.204. The number of carbonyl (C=O) groups is 1. The monoisotopic (exact) mass is 539 g/mol. The quantitative estimate of drug-likeness (QED) is 0.432. The summed E-state index contributed by atoms with van der Waals surface area (Å²) in [6.45, 7) is 1.17. The van der Waals surface area contributed by atoms with Gasteiger partial charge in [0.05, 0.1) is 11.8 Å². The Morgan fingerprint density at radius 3 is 2.82 bits per heavy atom. The van der Waals surface area contributed by atoms with Gasteiger partial charge in [-0.2, -0.15) is 13.2 Å². The van der Waals surface area contributed by atoms with Crippen LogP contribution in [-0.4, -0.2) is 54.4 Å². The first-order valence-electron chi connectivity index (χ1n) is 12.5. The van der Waals surface area contributed by atoms with E-state index < -0.39 is 29.2 Å². The van der Waals surface area contributed by atoms with Gasteiger partial charge in [-0.25, -0.2) is 4.98 Å². The second-order valence-electron chi connectivity index (χ2n) is 9.68. The van der Waals surface area contributed by atoms with E-state index in [0.29, 0.717) is 17.0 Å². The minimum absolute atomic E-state index is 0.0116. The van der Waals surface area contributed by atoms with E-state index in [1.54, 1.807) is 24.4 Å². The third-order valence-electron chi connectivity index (χ3n) is 7.26. The Hall–Kier alpha value is -4.12. The van der Waals surface area contributed by atoms with Gasteiger partial charge in [0.15, 0.2) is 12.2 Å². The van der Waals surface area contributed by atoms with Crippen molar-refractivity contribution in [2.45, 2.75) is 36.6 Å². The van der Waals surface area contributed by atoms with Gasteiger partial charge in [-0.3, -0.25) is 9.79 Å². The highest BCUT2D eigenvalue weighted by Crippen LogP contribution is 2.43. The molecule has 1 amide bonds. The SMILES string of the molecule is CN1CCC[C@@H]1COc1ccc(C(F)(F)F)cc1C1(C(N)=O)C=CC=NC1Nc1cccc(-c2cnco2)c1. The van der Waals surface area contributed by atoms with E-state index in [2.05, 4.69) is 20.2 Å². The standard InChI is InChI=1S/C28H28F3N5O3/c1-36-12-3-7-21(36)16-38-23-9-8-19(28(29,30)31)14-22(23)27(25(32)37)10-4-11-34-26(27)35-20-6-2-5-18(13-20)24-15-33-17-39-24/h2,4-6,8-11,13-15,17,21,26,35H,3,7,12,16H2,1H3,(H2,32,37)/t21-,26?,27?/m1/s1. The number of carbonyl (C=O) groups excluding carboxylic acids is 1. The molecule has 2 aliphatic heterocycles. The number of dihydropyridines is 1. The van der Waals surface area contributed by atoms with Crippen LogP contribution in [0.2, 0.25) is 0 Å². The van der Waals surface area contributed by atoms with E-state index in [0.717, 1.165) is 31.5 Å². The molecule has 2 aromatic carbocycles. The van der Waals surface area contributed by atoms with Gasteiger partial charge >= 0.3 is 6.18 Å². The molecule has 2 unspecified atom stereocenters. The van der Waals surface area contributed by atoms with Crippen LogP contribution in [-0.2, 0) is 16.4 Å². The van der Waals surface area contributed by atoms with Crippen LogP contribution < -0.4 is 15.8 Å². The van der Waals surface area contributed by atoms with Gasteiger partial charge in [0.2, 0.25) is 5.91 Å². The summed E-state index contributed by atoms with van der Waals surface area (Å²) in [5, 5.41) is 3.19. The number of likely N-dealkylation sites (tertiary alicyclic amines) is 1.